The van der Waals surface area contributed by atoms with Crippen LogP contribution >= 0.6 is 0 Å². The highest BCUT2D eigenvalue weighted by molar-refractivity contribution is 5.49. The molecule has 0 aliphatic carbocycles. The lowest BCUT2D eigenvalue weighted by atomic mass is 10.0. The van der Waals surface area contributed by atoms with E-state index in [1.807, 2.05) is 6.07 Å². The second kappa shape index (κ2) is 14.8. The molecule has 2 aromatic carbocycles. The highest BCUT2D eigenvalue weighted by atomic mass is 16.5. The van der Waals surface area contributed by atoms with Crippen LogP contribution in [0, 0.1) is 0 Å². The quantitative estimate of drug-likeness (QED) is 0.259. The van der Waals surface area contributed by atoms with Gasteiger partial charge in [0.2, 0.25) is 0 Å². The van der Waals surface area contributed by atoms with Gasteiger partial charge in [0.1, 0.15) is 11.5 Å². The van der Waals surface area contributed by atoms with Gasteiger partial charge in [0.25, 0.3) is 0 Å². The molecule has 0 heterocycles. The molecule has 0 amide bonds. The molecule has 172 valence electrons. The van der Waals surface area contributed by atoms with E-state index in [9.17, 15) is 20.4 Å². The summed E-state index contributed by atoms with van der Waals surface area (Å²) in [6.07, 6.45) is 6.75. The number of benzene rings is 2. The van der Waals surface area contributed by atoms with Crippen molar-refractivity contribution in [2.45, 2.75) is 57.7 Å². The molecule has 1 atom stereocenters. The normalized spacial score (nSPS) is 12.2. The highest BCUT2D eigenvalue weighted by Gasteiger charge is 2.17. The highest BCUT2D eigenvalue weighted by Crippen LogP contribution is 2.33. The Kier molecular flexibility index (Phi) is 12.0. The maximum Gasteiger partial charge on any atom is 0.130 e. The average molecular weight is 432 g/mol. The minimum atomic E-state index is -0.902. The molecule has 2 aromatic rings. The molecule has 0 saturated heterocycles. The van der Waals surface area contributed by atoms with Crippen LogP contribution in [0.3, 0.4) is 0 Å². The van der Waals surface area contributed by atoms with Gasteiger partial charge >= 0.3 is 0 Å². The van der Waals surface area contributed by atoms with Crippen molar-refractivity contribution in [2.24, 2.45) is 0 Å². The predicted molar refractivity (Wildman–Crippen MR) is 122 cm³/mol. The van der Waals surface area contributed by atoms with Gasteiger partial charge < -0.3 is 30.5 Å². The number of aromatic hydroxyl groups is 2. The fourth-order valence-electron chi connectivity index (χ4n) is 3.50. The van der Waals surface area contributed by atoms with Crippen LogP contribution in [0.2, 0.25) is 0 Å². The second-order valence-corrected chi connectivity index (χ2v) is 7.85. The molecule has 6 nitrogen and oxygen atoms in total. The van der Waals surface area contributed by atoms with Gasteiger partial charge in [-0.3, -0.25) is 0 Å². The summed E-state index contributed by atoms with van der Waals surface area (Å²) in [5.41, 5.74) is 1.73. The van der Waals surface area contributed by atoms with Crippen molar-refractivity contribution in [1.29, 1.82) is 0 Å². The number of aliphatic hydroxyl groups excluding tert-OH is 2. The van der Waals surface area contributed by atoms with E-state index in [1.54, 1.807) is 0 Å². The van der Waals surface area contributed by atoms with E-state index in [-0.39, 0.29) is 17.1 Å². The first-order valence-electron chi connectivity index (χ1n) is 11.3. The Hall–Kier alpha value is -2.12. The van der Waals surface area contributed by atoms with E-state index in [1.165, 1.54) is 17.7 Å². The third-order valence-electron chi connectivity index (χ3n) is 5.38. The summed E-state index contributed by atoms with van der Waals surface area (Å²) in [5.74, 6) is -0.433. The summed E-state index contributed by atoms with van der Waals surface area (Å²) in [7, 11) is 0. The Balaban J connectivity index is 1.43. The minimum Gasteiger partial charge on any atom is -0.507 e. The monoisotopic (exact) mass is 431 g/mol. The SMILES string of the molecule is OCc1c(O)ccc(C(O)CNCCCCCCOCCCCc2ccccc2)c1O. The molecule has 31 heavy (non-hydrogen) atoms. The Bertz CT molecular complexity index is 738. The standard InChI is InChI=1S/C25H37NO5/c27-19-22-23(28)14-13-21(25(22)30)24(29)18-26-15-7-1-2-8-16-31-17-9-6-12-20-10-4-3-5-11-20/h3-5,10-11,13-14,24,26-30H,1-2,6-9,12,15-19H2. The number of aryl methyl sites for hydroxylation is 1. The number of hydrogen-bond acceptors (Lipinski definition) is 6. The van der Waals surface area contributed by atoms with E-state index in [0.29, 0.717) is 12.1 Å². The third kappa shape index (κ3) is 9.27. The number of rotatable bonds is 16. The van der Waals surface area contributed by atoms with Crippen molar-refractivity contribution in [2.75, 3.05) is 26.3 Å². The first-order chi connectivity index (χ1) is 15.1. The molecule has 0 radical (unpaired) electrons. The molecular weight excluding hydrogens is 394 g/mol. The largest absolute Gasteiger partial charge is 0.507 e. The van der Waals surface area contributed by atoms with Crippen LogP contribution in [0.4, 0.5) is 0 Å². The first kappa shape index (κ1) is 25.1. The first-order valence-corrected chi connectivity index (χ1v) is 11.3. The number of nitrogens with one attached hydrogen (secondary N) is 1. The maximum atomic E-state index is 10.2. The van der Waals surface area contributed by atoms with Crippen LogP contribution < -0.4 is 5.32 Å². The van der Waals surface area contributed by atoms with E-state index >= 15 is 0 Å². The van der Waals surface area contributed by atoms with E-state index in [4.69, 9.17) is 4.74 Å². The average Bonchev–Trinajstić information content (AvgIpc) is 2.78. The third-order valence-corrected chi connectivity index (χ3v) is 5.38. The van der Waals surface area contributed by atoms with Gasteiger partial charge in [-0.05, 0) is 56.3 Å². The van der Waals surface area contributed by atoms with Gasteiger partial charge in [0.05, 0.1) is 18.3 Å². The van der Waals surface area contributed by atoms with Crippen LogP contribution in [-0.4, -0.2) is 46.7 Å². The molecule has 0 spiro atoms. The summed E-state index contributed by atoms with van der Waals surface area (Å²) >= 11 is 0. The molecule has 0 aliphatic heterocycles. The van der Waals surface area contributed by atoms with Crippen molar-refractivity contribution in [3.8, 4) is 11.5 Å². The van der Waals surface area contributed by atoms with Gasteiger partial charge in [-0.25, -0.2) is 0 Å². The fourth-order valence-corrected chi connectivity index (χ4v) is 3.50. The van der Waals surface area contributed by atoms with Gasteiger partial charge in [-0.1, -0.05) is 43.2 Å². The van der Waals surface area contributed by atoms with Crippen molar-refractivity contribution >= 4 is 0 Å². The maximum absolute atomic E-state index is 10.2. The van der Waals surface area contributed by atoms with Crippen molar-refractivity contribution in [1.82, 2.24) is 5.32 Å². The smallest absolute Gasteiger partial charge is 0.130 e. The molecular formula is C25H37NO5. The van der Waals surface area contributed by atoms with Crippen LogP contribution in [0.5, 0.6) is 11.5 Å². The van der Waals surface area contributed by atoms with Crippen molar-refractivity contribution < 1.29 is 25.2 Å². The lowest BCUT2D eigenvalue weighted by molar-refractivity contribution is 0.126. The zero-order valence-electron chi connectivity index (χ0n) is 18.3. The Morgan fingerprint density at radius 3 is 2.29 bits per heavy atom. The number of unbranched alkanes of at least 4 members (excludes halogenated alkanes) is 4. The van der Waals surface area contributed by atoms with Crippen LogP contribution in [0.25, 0.3) is 0 Å². The molecule has 1 unspecified atom stereocenters. The molecule has 5 N–H and O–H groups in total. The predicted octanol–water partition coefficient (Wildman–Crippen LogP) is 3.81. The number of ether oxygens (including phenoxy) is 1. The molecule has 0 aromatic heterocycles. The topological polar surface area (TPSA) is 102 Å². The Morgan fingerprint density at radius 1 is 0.839 bits per heavy atom. The summed E-state index contributed by atoms with van der Waals surface area (Å²) in [5, 5.41) is 42.3. The Morgan fingerprint density at radius 2 is 1.55 bits per heavy atom. The summed E-state index contributed by atoms with van der Waals surface area (Å²) < 4.78 is 5.71. The number of aliphatic hydroxyl groups is 2. The zero-order valence-corrected chi connectivity index (χ0v) is 18.3. The van der Waals surface area contributed by atoms with Gasteiger partial charge in [0.15, 0.2) is 0 Å². The van der Waals surface area contributed by atoms with Gasteiger partial charge in [-0.2, -0.15) is 0 Å². The minimum absolute atomic E-state index is 0.0370. The molecule has 6 heteroatoms. The molecule has 2 rings (SSSR count). The summed E-state index contributed by atoms with van der Waals surface area (Å²) in [6.45, 7) is 2.24. The Labute approximate surface area is 185 Å². The summed E-state index contributed by atoms with van der Waals surface area (Å²) in [4.78, 5) is 0. The fraction of sp³-hybridized carbons (Fsp3) is 0.520. The van der Waals surface area contributed by atoms with Gasteiger partial charge in [0, 0.05) is 25.3 Å². The molecule has 0 aliphatic rings. The van der Waals surface area contributed by atoms with E-state index in [2.05, 4.69) is 29.6 Å². The van der Waals surface area contributed by atoms with Crippen molar-refractivity contribution in [3.05, 3.63) is 59.2 Å². The van der Waals surface area contributed by atoms with Crippen molar-refractivity contribution in [3.63, 3.8) is 0 Å². The molecule has 0 saturated carbocycles. The molecule has 0 bridgehead atoms. The lowest BCUT2D eigenvalue weighted by Gasteiger charge is -2.16. The second-order valence-electron chi connectivity index (χ2n) is 7.85. The zero-order chi connectivity index (χ0) is 22.3. The number of phenols is 2. The van der Waals surface area contributed by atoms with E-state index < -0.39 is 12.7 Å². The van der Waals surface area contributed by atoms with Crippen LogP contribution in [0.1, 0.15) is 61.3 Å². The van der Waals surface area contributed by atoms with E-state index in [0.717, 1.165) is 64.7 Å². The van der Waals surface area contributed by atoms with Gasteiger partial charge in [-0.15, -0.1) is 0 Å². The van der Waals surface area contributed by atoms with Crippen LogP contribution in [0.15, 0.2) is 42.5 Å². The number of hydrogen-bond donors (Lipinski definition) is 5. The van der Waals surface area contributed by atoms with Crippen LogP contribution in [-0.2, 0) is 17.8 Å². The molecule has 0 fully saturated rings. The lowest BCUT2D eigenvalue weighted by Crippen LogP contribution is -2.22. The summed E-state index contributed by atoms with van der Waals surface area (Å²) in [6, 6.07) is 13.4.